The number of hydrogen-bond acceptors (Lipinski definition) is 10. The molecule has 7 rings (SSSR count). The molecule has 6 atom stereocenters. The van der Waals surface area contributed by atoms with E-state index < -0.39 is 91.8 Å². The fraction of sp³-hybridized carbons (Fsp3) is 0.524. The summed E-state index contributed by atoms with van der Waals surface area (Å²) in [5, 5.41) is 8.49. The maximum absolute atomic E-state index is 14.7. The Hall–Kier alpha value is -5.59. The largest absolute Gasteiger partial charge is 0.444 e. The summed E-state index contributed by atoms with van der Waals surface area (Å²) < 4.78 is 64.3. The van der Waals surface area contributed by atoms with Crippen LogP contribution in [-0.4, -0.2) is 109 Å². The summed E-state index contributed by atoms with van der Waals surface area (Å²) in [6.07, 6.45) is 3.39. The van der Waals surface area contributed by atoms with Crippen molar-refractivity contribution in [2.24, 2.45) is 11.8 Å². The number of halogens is 2. The lowest BCUT2D eigenvalue weighted by molar-refractivity contribution is -0.147. The van der Waals surface area contributed by atoms with Crippen LogP contribution in [0, 0.1) is 23.5 Å². The summed E-state index contributed by atoms with van der Waals surface area (Å²) in [6, 6.07) is 5.13. The number of anilines is 1. The average Bonchev–Trinajstić information content (AvgIpc) is 3.51. The standard InChI is InChI=1S/C42H51F2N7O9S/c1-3-26-21-42(26)40(56)48-61(58,59)35-19-27(43)15-16-32(35)45-17-8-6-4-5-7-14-33(46-36(52)29-12-10-18-49(2)38(29)54)39(55)51-23-28(20-34(51)37(53)47-42)60-41(57)50-22-25-11-9-13-31(44)30(25)24-50/h3,9,11,13,15-16,19,26,28-29,33-34,45H,1,4-8,10,12,14,17-18,20-24H2,2H3,(H,46,52)(H,47,53)(H,48,56)/t26-,28-,29?,33+,34+,42-/m1/s1. The molecule has 16 nitrogen and oxygen atoms in total. The second kappa shape index (κ2) is 17.8. The van der Waals surface area contributed by atoms with Gasteiger partial charge >= 0.3 is 6.09 Å². The maximum Gasteiger partial charge on any atom is 0.410 e. The number of likely N-dealkylation sites (tertiary alicyclic amines) is 1. The fourth-order valence-electron chi connectivity index (χ4n) is 8.80. The van der Waals surface area contributed by atoms with Crippen molar-refractivity contribution < 1.29 is 50.7 Å². The molecule has 1 unspecified atom stereocenters. The molecule has 6 amide bonds. The van der Waals surface area contributed by atoms with Gasteiger partial charge in [0.1, 0.15) is 46.2 Å². The van der Waals surface area contributed by atoms with Crippen molar-refractivity contribution in [2.45, 2.75) is 106 Å². The van der Waals surface area contributed by atoms with Gasteiger partial charge in [-0.25, -0.2) is 26.7 Å². The van der Waals surface area contributed by atoms with Gasteiger partial charge in [0, 0.05) is 44.6 Å². The third-order valence-corrected chi connectivity index (χ3v) is 13.8. The van der Waals surface area contributed by atoms with Gasteiger partial charge in [0.25, 0.3) is 15.9 Å². The van der Waals surface area contributed by atoms with E-state index in [4.69, 9.17) is 4.74 Å². The van der Waals surface area contributed by atoms with E-state index in [9.17, 15) is 46.0 Å². The molecule has 3 fully saturated rings. The lowest BCUT2D eigenvalue weighted by atomic mass is 9.95. The Balaban J connectivity index is 1.18. The summed E-state index contributed by atoms with van der Waals surface area (Å²) in [5.41, 5.74) is -0.796. The number of amides is 6. The van der Waals surface area contributed by atoms with Gasteiger partial charge < -0.3 is 30.5 Å². The molecular formula is C42H51F2N7O9S. The van der Waals surface area contributed by atoms with E-state index in [1.54, 1.807) is 13.1 Å². The second-order valence-corrected chi connectivity index (χ2v) is 18.2. The van der Waals surface area contributed by atoms with Gasteiger partial charge in [-0.3, -0.25) is 28.9 Å². The molecular weight excluding hydrogens is 817 g/mol. The quantitative estimate of drug-likeness (QED) is 0.261. The normalized spacial score (nSPS) is 28.4. The summed E-state index contributed by atoms with van der Waals surface area (Å²) in [4.78, 5) is 86.8. The third kappa shape index (κ3) is 9.21. The van der Waals surface area contributed by atoms with E-state index in [1.807, 2.05) is 4.72 Å². The van der Waals surface area contributed by atoms with Gasteiger partial charge in [0.05, 0.1) is 18.8 Å². The number of benzene rings is 2. The number of piperidine rings is 1. The van der Waals surface area contributed by atoms with Crippen LogP contribution in [0.1, 0.15) is 75.3 Å². The Kier molecular flexibility index (Phi) is 12.7. The van der Waals surface area contributed by atoms with Crippen LogP contribution in [0.3, 0.4) is 0 Å². The van der Waals surface area contributed by atoms with Crippen molar-refractivity contribution in [1.82, 2.24) is 30.1 Å². The molecule has 4 N–H and O–H groups in total. The number of fused-ring (bicyclic) bond motifs is 3. The lowest BCUT2D eigenvalue weighted by Crippen LogP contribution is -2.58. The first-order valence-electron chi connectivity index (χ1n) is 20.7. The Morgan fingerprint density at radius 3 is 2.51 bits per heavy atom. The number of rotatable bonds is 4. The number of hydrogen-bond donors (Lipinski definition) is 4. The number of carbonyl (C=O) groups excluding carboxylic acids is 6. The van der Waals surface area contributed by atoms with Crippen molar-refractivity contribution in [2.75, 3.05) is 32.0 Å². The zero-order valence-electron chi connectivity index (χ0n) is 33.9. The molecule has 4 aliphatic heterocycles. The van der Waals surface area contributed by atoms with E-state index in [-0.39, 0.29) is 50.5 Å². The highest BCUT2D eigenvalue weighted by molar-refractivity contribution is 7.90. The zero-order chi connectivity index (χ0) is 43.6. The second-order valence-electron chi connectivity index (χ2n) is 16.6. The molecule has 0 bridgehead atoms. The Morgan fingerprint density at radius 2 is 1.75 bits per heavy atom. The van der Waals surface area contributed by atoms with Crippen molar-refractivity contribution in [3.8, 4) is 0 Å². The maximum atomic E-state index is 14.7. The van der Waals surface area contributed by atoms with Crippen LogP contribution in [0.15, 0.2) is 53.9 Å². The Bertz CT molecular complexity index is 2230. The molecule has 1 saturated carbocycles. The van der Waals surface area contributed by atoms with Gasteiger partial charge in [-0.05, 0) is 61.9 Å². The molecule has 328 valence electrons. The first-order chi connectivity index (χ1) is 29.1. The highest BCUT2D eigenvalue weighted by Gasteiger charge is 2.61. The molecule has 2 saturated heterocycles. The molecule has 5 aliphatic rings. The molecule has 0 radical (unpaired) electrons. The smallest absolute Gasteiger partial charge is 0.410 e. The van der Waals surface area contributed by atoms with E-state index in [0.717, 1.165) is 12.1 Å². The molecule has 1 aliphatic carbocycles. The third-order valence-electron chi connectivity index (χ3n) is 12.4. The van der Waals surface area contributed by atoms with Crippen LogP contribution in [0.25, 0.3) is 0 Å². The van der Waals surface area contributed by atoms with Crippen LogP contribution in [0.2, 0.25) is 0 Å². The molecule has 0 aromatic heterocycles. The summed E-state index contributed by atoms with van der Waals surface area (Å²) in [7, 11) is -3.10. The summed E-state index contributed by atoms with van der Waals surface area (Å²) >= 11 is 0. The minimum atomic E-state index is -4.70. The Labute approximate surface area is 352 Å². The molecule has 2 aromatic rings. The molecule has 2 aromatic carbocycles. The van der Waals surface area contributed by atoms with Crippen molar-refractivity contribution in [3.05, 3.63) is 71.8 Å². The Morgan fingerprint density at radius 1 is 0.984 bits per heavy atom. The van der Waals surface area contributed by atoms with Crippen LogP contribution in [0.4, 0.5) is 19.3 Å². The van der Waals surface area contributed by atoms with Gasteiger partial charge in [-0.2, -0.15) is 0 Å². The fourth-order valence-corrected chi connectivity index (χ4v) is 10.0. The molecule has 19 heteroatoms. The molecule has 4 heterocycles. The minimum absolute atomic E-state index is 0.0500. The van der Waals surface area contributed by atoms with Crippen molar-refractivity contribution in [3.63, 3.8) is 0 Å². The van der Waals surface area contributed by atoms with Crippen LogP contribution >= 0.6 is 0 Å². The average molecular weight is 868 g/mol. The first-order valence-corrected chi connectivity index (χ1v) is 22.2. The first kappa shape index (κ1) is 43.5. The van der Waals surface area contributed by atoms with Gasteiger partial charge in [0.15, 0.2) is 0 Å². The van der Waals surface area contributed by atoms with Gasteiger partial charge in [0.2, 0.25) is 23.6 Å². The highest BCUT2D eigenvalue weighted by atomic mass is 32.2. The number of ether oxygens (including phenoxy) is 1. The van der Waals surface area contributed by atoms with Crippen LogP contribution < -0.4 is 20.7 Å². The predicted octanol–water partition coefficient (Wildman–Crippen LogP) is 3.07. The number of carbonyl (C=O) groups is 6. The monoisotopic (exact) mass is 867 g/mol. The minimum Gasteiger partial charge on any atom is -0.444 e. The van der Waals surface area contributed by atoms with Gasteiger partial charge in [-0.1, -0.05) is 43.9 Å². The lowest BCUT2D eigenvalue weighted by Gasteiger charge is -2.32. The van der Waals surface area contributed by atoms with Gasteiger partial charge in [-0.15, -0.1) is 6.58 Å². The summed E-state index contributed by atoms with van der Waals surface area (Å²) in [6.45, 7) is 4.29. The van der Waals surface area contributed by atoms with Crippen LogP contribution in [-0.2, 0) is 51.8 Å². The van der Waals surface area contributed by atoms with E-state index in [2.05, 4.69) is 22.5 Å². The zero-order valence-corrected chi connectivity index (χ0v) is 34.7. The number of nitrogens with zero attached hydrogens (tertiary/aromatic N) is 3. The number of nitrogens with one attached hydrogen (secondary N) is 4. The molecule has 1 spiro atoms. The SMILES string of the molecule is C=C[C@@H]1C[C@@]12NC(=O)[C@@H]1C[C@@H](OC(=O)N3Cc4cccc(F)c4C3)CN1C(=O)[C@@H](NC(=O)C1CCCN(C)C1=O)CCCCCCCNc1ccc(F)cc1S(=O)(=O)NC2=O. The highest BCUT2D eigenvalue weighted by Crippen LogP contribution is 2.45. The van der Waals surface area contributed by atoms with Crippen molar-refractivity contribution >= 4 is 51.3 Å². The number of sulfonamides is 1. The predicted molar refractivity (Wildman–Crippen MR) is 215 cm³/mol. The van der Waals surface area contributed by atoms with E-state index >= 15 is 0 Å². The summed E-state index contributed by atoms with van der Waals surface area (Å²) in [5.74, 6) is -6.70. The van der Waals surface area contributed by atoms with E-state index in [0.29, 0.717) is 69.2 Å². The molecule has 61 heavy (non-hydrogen) atoms. The van der Waals surface area contributed by atoms with Crippen molar-refractivity contribution in [1.29, 1.82) is 0 Å². The topological polar surface area (TPSA) is 204 Å². The van der Waals surface area contributed by atoms with Crippen LogP contribution in [0.5, 0.6) is 0 Å². The van der Waals surface area contributed by atoms with E-state index in [1.165, 1.54) is 39.0 Å².